The Labute approximate surface area is 272 Å². The van der Waals surface area contributed by atoms with Crippen molar-refractivity contribution in [1.82, 2.24) is 14.0 Å². The van der Waals surface area contributed by atoms with Gasteiger partial charge in [0.2, 0.25) is 0 Å². The Morgan fingerprint density at radius 1 is 1.00 bits per heavy atom. The smallest absolute Gasteiger partial charge is 0.416 e. The summed E-state index contributed by atoms with van der Waals surface area (Å²) in [7, 11) is 0. The Morgan fingerprint density at radius 3 is 2.44 bits per heavy atom. The molecule has 48 heavy (non-hydrogen) atoms. The first-order valence-electron chi connectivity index (χ1n) is 15.5. The molecule has 0 saturated carbocycles. The van der Waals surface area contributed by atoms with Crippen LogP contribution in [-0.4, -0.2) is 44.8 Å². The van der Waals surface area contributed by atoms with Crippen LogP contribution in [0.4, 0.5) is 22.0 Å². The number of carboxylic acids is 1. The monoisotopic (exact) mass is 671 g/mol. The van der Waals surface area contributed by atoms with Crippen molar-refractivity contribution in [2.75, 3.05) is 19.7 Å². The number of fused-ring (bicyclic) bond motifs is 1. The van der Waals surface area contributed by atoms with Gasteiger partial charge in [-0.05, 0) is 55.6 Å². The number of halogens is 5. The van der Waals surface area contributed by atoms with Gasteiger partial charge >= 0.3 is 17.8 Å². The molecule has 2 heterocycles. The molecule has 4 aromatic rings. The first-order chi connectivity index (χ1) is 22.8. The molecule has 8 nitrogen and oxygen atoms in total. The highest BCUT2D eigenvalue weighted by atomic mass is 19.4. The van der Waals surface area contributed by atoms with Gasteiger partial charge in [0.1, 0.15) is 5.82 Å². The maximum atomic E-state index is 16.1. The van der Waals surface area contributed by atoms with Crippen molar-refractivity contribution in [3.8, 4) is 16.9 Å². The van der Waals surface area contributed by atoms with Gasteiger partial charge in [-0.2, -0.15) is 13.2 Å². The largest absolute Gasteiger partial charge is 0.490 e. The third-order valence-corrected chi connectivity index (χ3v) is 8.74. The number of carbonyl (C=O) groups is 1. The minimum atomic E-state index is -4.95. The van der Waals surface area contributed by atoms with E-state index in [2.05, 4.69) is 4.90 Å². The fourth-order valence-electron chi connectivity index (χ4n) is 6.29. The number of aliphatic carboxylic acids is 1. The minimum absolute atomic E-state index is 0.0800. The van der Waals surface area contributed by atoms with E-state index in [4.69, 9.17) is 9.84 Å². The maximum Gasteiger partial charge on any atom is 0.416 e. The lowest BCUT2D eigenvalue weighted by molar-refractivity contribution is -0.139. The number of carboxylic acid groups (broad SMARTS) is 1. The number of benzene rings is 3. The average Bonchev–Trinajstić information content (AvgIpc) is 3.04. The van der Waals surface area contributed by atoms with Crippen molar-refractivity contribution in [2.24, 2.45) is 0 Å². The topological polar surface area (TPSA) is 93.8 Å². The highest BCUT2D eigenvalue weighted by molar-refractivity contribution is 5.68. The van der Waals surface area contributed by atoms with E-state index in [1.165, 1.54) is 25.1 Å². The summed E-state index contributed by atoms with van der Waals surface area (Å²) in [5.74, 6) is -3.52. The summed E-state index contributed by atoms with van der Waals surface area (Å²) >= 11 is 0. The number of ether oxygens (including phenoxy) is 1. The standard InChI is InChI=1S/C35H34F5N3O5/c1-3-41-17-16-22-9-4-5-10-23(22)28(41)20-43-33(46)31(24-11-6-14-29(32(24)37)48-18-8-15-30(44)45)21(2)42(34(43)47)19-25-26(35(38,39)40)12-7-13-27(25)36/h4-7,9-14,28H,3,8,15-20H2,1-2H3,(H,44,45)/t28-/m0/s1. The van der Waals surface area contributed by atoms with Gasteiger partial charge in [-0.1, -0.05) is 49.4 Å². The molecule has 254 valence electrons. The Hall–Kier alpha value is -4.78. The van der Waals surface area contributed by atoms with Gasteiger partial charge in [-0.15, -0.1) is 0 Å². The van der Waals surface area contributed by atoms with Crippen molar-refractivity contribution in [1.29, 1.82) is 0 Å². The van der Waals surface area contributed by atoms with Crippen LogP contribution in [0.15, 0.2) is 70.3 Å². The Bertz CT molecular complexity index is 1950. The summed E-state index contributed by atoms with van der Waals surface area (Å²) in [6.07, 6.45) is -4.35. The van der Waals surface area contributed by atoms with Crippen molar-refractivity contribution in [2.45, 2.75) is 58.4 Å². The number of alkyl halides is 3. The highest BCUT2D eigenvalue weighted by Crippen LogP contribution is 2.35. The van der Waals surface area contributed by atoms with E-state index in [0.29, 0.717) is 19.2 Å². The molecule has 1 atom stereocenters. The van der Waals surface area contributed by atoms with Crippen LogP contribution in [0.2, 0.25) is 0 Å². The van der Waals surface area contributed by atoms with E-state index >= 15 is 8.78 Å². The van der Waals surface area contributed by atoms with Crippen LogP contribution in [0.1, 0.15) is 53.8 Å². The van der Waals surface area contributed by atoms with Gasteiger partial charge in [0.05, 0.1) is 36.9 Å². The predicted octanol–water partition coefficient (Wildman–Crippen LogP) is 6.19. The molecule has 0 saturated heterocycles. The van der Waals surface area contributed by atoms with Crippen LogP contribution in [0.3, 0.4) is 0 Å². The molecular weight excluding hydrogens is 637 g/mol. The third kappa shape index (κ3) is 6.91. The normalized spacial score (nSPS) is 14.9. The molecule has 0 amide bonds. The summed E-state index contributed by atoms with van der Waals surface area (Å²) in [6, 6.07) is 13.5. The third-order valence-electron chi connectivity index (χ3n) is 8.74. The predicted molar refractivity (Wildman–Crippen MR) is 168 cm³/mol. The SMILES string of the molecule is CCN1CCc2ccccc2[C@@H]1Cn1c(=O)c(-c2cccc(OCCCC(=O)O)c2F)c(C)n(Cc2c(F)cccc2C(F)(F)F)c1=O. The number of nitrogens with zero attached hydrogens (tertiary/aromatic N) is 3. The number of rotatable bonds is 11. The van der Waals surface area contributed by atoms with Gasteiger partial charge in [-0.25, -0.2) is 13.6 Å². The molecule has 13 heteroatoms. The number of likely N-dealkylation sites (N-methyl/N-ethyl adjacent to an activating group) is 1. The Kier molecular flexibility index (Phi) is 10.2. The molecule has 1 aliphatic heterocycles. The number of aromatic nitrogens is 2. The summed E-state index contributed by atoms with van der Waals surface area (Å²) in [6.45, 7) is 3.19. The molecule has 1 aliphatic rings. The molecule has 0 radical (unpaired) electrons. The van der Waals surface area contributed by atoms with Crippen LogP contribution >= 0.6 is 0 Å². The van der Waals surface area contributed by atoms with Crippen LogP contribution in [0.5, 0.6) is 5.75 Å². The highest BCUT2D eigenvalue weighted by Gasteiger charge is 2.35. The van der Waals surface area contributed by atoms with Gasteiger partial charge in [-0.3, -0.25) is 23.6 Å². The van der Waals surface area contributed by atoms with Crippen molar-refractivity contribution >= 4 is 5.97 Å². The maximum absolute atomic E-state index is 16.1. The Balaban J connectivity index is 1.71. The molecule has 1 N–H and O–H groups in total. The molecule has 0 aliphatic carbocycles. The fourth-order valence-corrected chi connectivity index (χ4v) is 6.29. The summed E-state index contributed by atoms with van der Waals surface area (Å²) in [5, 5.41) is 8.90. The minimum Gasteiger partial charge on any atom is -0.490 e. The number of hydrogen-bond acceptors (Lipinski definition) is 5. The van der Waals surface area contributed by atoms with E-state index in [0.717, 1.165) is 38.8 Å². The van der Waals surface area contributed by atoms with Gasteiger partial charge in [0.15, 0.2) is 11.6 Å². The Morgan fingerprint density at radius 2 is 1.73 bits per heavy atom. The van der Waals surface area contributed by atoms with Crippen LogP contribution in [0, 0.1) is 18.6 Å². The zero-order valence-corrected chi connectivity index (χ0v) is 26.3. The second-order valence-corrected chi connectivity index (χ2v) is 11.6. The average molecular weight is 672 g/mol. The van der Waals surface area contributed by atoms with E-state index in [1.807, 2.05) is 31.2 Å². The lowest BCUT2D eigenvalue weighted by Crippen LogP contribution is -2.46. The lowest BCUT2D eigenvalue weighted by atomic mass is 9.92. The van der Waals surface area contributed by atoms with Gasteiger partial charge in [0, 0.05) is 29.8 Å². The van der Waals surface area contributed by atoms with E-state index in [1.54, 1.807) is 0 Å². The van der Waals surface area contributed by atoms with E-state index < -0.39 is 58.7 Å². The summed E-state index contributed by atoms with van der Waals surface area (Å²) < 4.78 is 80.4. The zero-order chi connectivity index (χ0) is 34.7. The van der Waals surface area contributed by atoms with Crippen LogP contribution < -0.4 is 16.0 Å². The van der Waals surface area contributed by atoms with Crippen molar-refractivity contribution < 1.29 is 36.6 Å². The fraction of sp³-hybridized carbons (Fsp3) is 0.343. The number of hydrogen-bond donors (Lipinski definition) is 1. The summed E-state index contributed by atoms with van der Waals surface area (Å²) in [4.78, 5) is 41.4. The summed E-state index contributed by atoms with van der Waals surface area (Å²) in [5.41, 5.74) is -2.80. The second-order valence-electron chi connectivity index (χ2n) is 11.6. The second kappa shape index (κ2) is 14.1. The molecule has 1 aromatic heterocycles. The van der Waals surface area contributed by atoms with E-state index in [-0.39, 0.29) is 48.6 Å². The lowest BCUT2D eigenvalue weighted by Gasteiger charge is -2.37. The molecule has 0 fully saturated rings. The van der Waals surface area contributed by atoms with Gasteiger partial charge in [0.25, 0.3) is 5.56 Å². The molecule has 5 rings (SSSR count). The molecule has 0 unspecified atom stereocenters. The first-order valence-corrected chi connectivity index (χ1v) is 15.5. The first kappa shape index (κ1) is 34.6. The molecule has 0 spiro atoms. The molecule has 0 bridgehead atoms. The quantitative estimate of drug-likeness (QED) is 0.151. The van der Waals surface area contributed by atoms with E-state index in [9.17, 15) is 27.6 Å². The molecular formula is C35H34F5N3O5. The van der Waals surface area contributed by atoms with Gasteiger partial charge < -0.3 is 9.84 Å². The molecule has 3 aromatic carbocycles. The van der Waals surface area contributed by atoms with Crippen LogP contribution in [-0.2, 0) is 30.5 Å². The van der Waals surface area contributed by atoms with Crippen molar-refractivity contribution in [3.05, 3.63) is 121 Å². The zero-order valence-electron chi connectivity index (χ0n) is 26.3. The van der Waals surface area contributed by atoms with Crippen LogP contribution in [0.25, 0.3) is 11.1 Å². The van der Waals surface area contributed by atoms with Crippen molar-refractivity contribution in [3.63, 3.8) is 0 Å².